The molecule has 2 aromatic rings. The van der Waals surface area contributed by atoms with Gasteiger partial charge in [-0.1, -0.05) is 0 Å². The van der Waals surface area contributed by atoms with Crippen molar-refractivity contribution in [3.63, 3.8) is 0 Å². The second-order valence-corrected chi connectivity index (χ2v) is 5.84. The summed E-state index contributed by atoms with van der Waals surface area (Å²) in [6.45, 7) is 0.133. The first-order valence-corrected chi connectivity index (χ1v) is 7.18. The van der Waals surface area contributed by atoms with Gasteiger partial charge >= 0.3 is 5.97 Å². The van der Waals surface area contributed by atoms with Gasteiger partial charge in [0.15, 0.2) is 5.03 Å². The molecule has 0 saturated heterocycles. The topological polar surface area (TPSA) is 101 Å². The predicted octanol–water partition coefficient (Wildman–Crippen LogP) is 0.597. The Kier molecular flexibility index (Phi) is 3.86. The fourth-order valence-electron chi connectivity index (χ4n) is 1.59. The third-order valence-corrected chi connectivity index (χ3v) is 4.07. The van der Waals surface area contributed by atoms with E-state index in [0.717, 1.165) is 18.0 Å². The maximum absolute atomic E-state index is 12.0. The highest BCUT2D eigenvalue weighted by Gasteiger charge is 2.16. The Labute approximate surface area is 115 Å². The molecule has 2 heterocycles. The molecule has 2 aromatic heterocycles. The molecule has 106 valence electrons. The number of aryl methyl sites for hydroxylation is 1. The molecule has 7 nitrogen and oxygen atoms in total. The fraction of sp³-hybridized carbons (Fsp3) is 0.167. The van der Waals surface area contributed by atoms with Crippen molar-refractivity contribution >= 4 is 16.0 Å². The molecule has 0 unspecified atom stereocenters. The minimum absolute atomic E-state index is 0.0635. The maximum atomic E-state index is 12.0. The number of nitrogens with one attached hydrogen (secondary N) is 1. The summed E-state index contributed by atoms with van der Waals surface area (Å²) in [4.78, 5) is 14.3. The molecule has 0 amide bonds. The Bertz CT molecular complexity index is 719. The summed E-state index contributed by atoms with van der Waals surface area (Å²) in [6, 6.07) is 5.97. The zero-order chi connectivity index (χ0) is 14.8. The number of carboxylic acids is 1. The quantitative estimate of drug-likeness (QED) is 0.841. The van der Waals surface area contributed by atoms with Crippen molar-refractivity contribution in [1.29, 1.82) is 0 Å². The van der Waals surface area contributed by atoms with E-state index < -0.39 is 16.0 Å². The normalized spacial score (nSPS) is 11.4. The first-order valence-electron chi connectivity index (χ1n) is 5.69. The van der Waals surface area contributed by atoms with Crippen LogP contribution in [0.15, 0.2) is 41.7 Å². The Morgan fingerprint density at radius 3 is 2.65 bits per heavy atom. The Hall–Kier alpha value is -2.19. The Morgan fingerprint density at radius 2 is 2.15 bits per heavy atom. The zero-order valence-corrected chi connectivity index (χ0v) is 11.5. The smallest absolute Gasteiger partial charge is 0.337 e. The van der Waals surface area contributed by atoms with Gasteiger partial charge in [0, 0.05) is 25.1 Å². The summed E-state index contributed by atoms with van der Waals surface area (Å²) in [7, 11) is -1.95. The molecule has 0 aliphatic carbocycles. The number of nitrogens with zero attached hydrogens (tertiary/aromatic N) is 2. The molecule has 0 aromatic carbocycles. The van der Waals surface area contributed by atoms with Crippen LogP contribution in [0.1, 0.15) is 16.1 Å². The van der Waals surface area contributed by atoms with Crippen molar-refractivity contribution in [1.82, 2.24) is 14.3 Å². The van der Waals surface area contributed by atoms with Crippen molar-refractivity contribution in [2.24, 2.45) is 7.05 Å². The Morgan fingerprint density at radius 1 is 1.40 bits per heavy atom. The van der Waals surface area contributed by atoms with Gasteiger partial charge in [-0.25, -0.2) is 22.9 Å². The average Bonchev–Trinajstić information content (AvgIpc) is 2.82. The molecule has 2 N–H and O–H groups in total. The van der Waals surface area contributed by atoms with Crippen LogP contribution in [0.4, 0.5) is 0 Å². The van der Waals surface area contributed by atoms with Crippen molar-refractivity contribution in [2.75, 3.05) is 0 Å². The van der Waals surface area contributed by atoms with Crippen molar-refractivity contribution in [2.45, 2.75) is 11.6 Å². The third kappa shape index (κ3) is 3.03. The summed E-state index contributed by atoms with van der Waals surface area (Å²) >= 11 is 0. The fourth-order valence-corrected chi connectivity index (χ4v) is 2.51. The van der Waals surface area contributed by atoms with E-state index in [1.807, 2.05) is 19.3 Å². The minimum atomic E-state index is -3.76. The van der Waals surface area contributed by atoms with E-state index in [0.29, 0.717) is 0 Å². The molecule has 0 radical (unpaired) electrons. The van der Waals surface area contributed by atoms with Gasteiger partial charge in [0.2, 0.25) is 0 Å². The lowest BCUT2D eigenvalue weighted by Gasteiger charge is -2.07. The van der Waals surface area contributed by atoms with Gasteiger partial charge in [-0.3, -0.25) is 0 Å². The summed E-state index contributed by atoms with van der Waals surface area (Å²) in [5.74, 6) is -1.15. The van der Waals surface area contributed by atoms with Gasteiger partial charge < -0.3 is 9.67 Å². The molecular weight excluding hydrogens is 282 g/mol. The van der Waals surface area contributed by atoms with Crippen LogP contribution >= 0.6 is 0 Å². The minimum Gasteiger partial charge on any atom is -0.478 e. The van der Waals surface area contributed by atoms with Crippen LogP contribution in [-0.4, -0.2) is 29.0 Å². The van der Waals surface area contributed by atoms with E-state index in [2.05, 4.69) is 9.71 Å². The molecule has 0 aliphatic heterocycles. The van der Waals surface area contributed by atoms with Gasteiger partial charge in [-0.05, 0) is 24.3 Å². The summed E-state index contributed by atoms with van der Waals surface area (Å²) in [6.07, 6.45) is 2.82. The van der Waals surface area contributed by atoms with E-state index in [9.17, 15) is 13.2 Å². The first kappa shape index (κ1) is 14.2. The van der Waals surface area contributed by atoms with Crippen LogP contribution in [0, 0.1) is 0 Å². The third-order valence-electron chi connectivity index (χ3n) is 2.75. The molecule has 20 heavy (non-hydrogen) atoms. The molecular formula is C12H13N3O4S. The number of aromatic nitrogens is 2. The highest BCUT2D eigenvalue weighted by atomic mass is 32.2. The van der Waals surface area contributed by atoms with Gasteiger partial charge in [-0.2, -0.15) is 0 Å². The van der Waals surface area contributed by atoms with Crippen LogP contribution in [0.2, 0.25) is 0 Å². The molecule has 0 aliphatic rings. The number of hydrogen-bond acceptors (Lipinski definition) is 4. The molecule has 0 atom stereocenters. The summed E-state index contributed by atoms with van der Waals surface area (Å²) < 4.78 is 28.2. The number of pyridine rings is 1. The highest BCUT2D eigenvalue weighted by molar-refractivity contribution is 7.89. The van der Waals surface area contributed by atoms with Crippen molar-refractivity contribution in [3.05, 3.63) is 47.9 Å². The number of hydrogen-bond donors (Lipinski definition) is 2. The number of aromatic carboxylic acids is 1. The zero-order valence-electron chi connectivity index (χ0n) is 10.6. The van der Waals surface area contributed by atoms with E-state index in [1.165, 1.54) is 6.07 Å². The second kappa shape index (κ2) is 5.43. The molecule has 0 fully saturated rings. The number of carboxylic acid groups (broad SMARTS) is 1. The lowest BCUT2D eigenvalue weighted by atomic mass is 10.3. The first-order chi connectivity index (χ1) is 9.40. The van der Waals surface area contributed by atoms with Crippen LogP contribution in [0.3, 0.4) is 0 Å². The van der Waals surface area contributed by atoms with E-state index in [4.69, 9.17) is 5.11 Å². The van der Waals surface area contributed by atoms with Gasteiger partial charge in [0.05, 0.1) is 12.1 Å². The van der Waals surface area contributed by atoms with Crippen molar-refractivity contribution < 1.29 is 18.3 Å². The molecule has 2 rings (SSSR count). The SMILES string of the molecule is Cn1cccc1CNS(=O)(=O)c1ccc(C(=O)O)cn1. The molecule has 0 spiro atoms. The number of carbonyl (C=O) groups is 1. The largest absolute Gasteiger partial charge is 0.478 e. The van der Waals surface area contributed by atoms with E-state index >= 15 is 0 Å². The lowest BCUT2D eigenvalue weighted by molar-refractivity contribution is 0.0696. The highest BCUT2D eigenvalue weighted by Crippen LogP contribution is 2.08. The van der Waals surface area contributed by atoms with Crippen LogP contribution in [0.5, 0.6) is 0 Å². The monoisotopic (exact) mass is 295 g/mol. The maximum Gasteiger partial charge on any atom is 0.337 e. The van der Waals surface area contributed by atoms with Gasteiger partial charge in [-0.15, -0.1) is 0 Å². The standard InChI is InChI=1S/C12H13N3O4S/c1-15-6-2-3-10(15)8-14-20(18,19)11-5-4-9(7-13-11)12(16)17/h2-7,14H,8H2,1H3,(H,16,17). The van der Waals surface area contributed by atoms with E-state index in [1.54, 1.807) is 10.6 Å². The van der Waals surface area contributed by atoms with Crippen LogP contribution in [0.25, 0.3) is 0 Å². The molecule has 0 saturated carbocycles. The lowest BCUT2D eigenvalue weighted by Crippen LogP contribution is -2.25. The average molecular weight is 295 g/mol. The van der Waals surface area contributed by atoms with E-state index in [-0.39, 0.29) is 17.1 Å². The number of rotatable bonds is 5. The number of sulfonamides is 1. The van der Waals surface area contributed by atoms with Gasteiger partial charge in [0.1, 0.15) is 0 Å². The predicted molar refractivity (Wildman–Crippen MR) is 70.6 cm³/mol. The van der Waals surface area contributed by atoms with Crippen LogP contribution < -0.4 is 4.72 Å². The van der Waals surface area contributed by atoms with Gasteiger partial charge in [0.25, 0.3) is 10.0 Å². The summed E-state index contributed by atoms with van der Waals surface area (Å²) in [5.41, 5.74) is 0.738. The van der Waals surface area contributed by atoms with Crippen LogP contribution in [-0.2, 0) is 23.6 Å². The molecule has 8 heteroatoms. The molecule has 0 bridgehead atoms. The van der Waals surface area contributed by atoms with Crippen molar-refractivity contribution in [3.8, 4) is 0 Å². The Balaban J connectivity index is 2.14. The second-order valence-electron chi connectivity index (χ2n) is 4.13. The summed E-state index contributed by atoms with van der Waals surface area (Å²) in [5, 5.41) is 8.52.